The Morgan fingerprint density at radius 3 is 2.70 bits per heavy atom. The minimum absolute atomic E-state index is 0.0250. The first kappa shape index (κ1) is 13.3. The zero-order valence-corrected chi connectivity index (χ0v) is 13.1. The van der Waals surface area contributed by atoms with Gasteiger partial charge in [0.15, 0.2) is 5.78 Å². The van der Waals surface area contributed by atoms with Gasteiger partial charge in [0.1, 0.15) is 5.75 Å². The standard InChI is InChI=1S/C16H11BrO2S/c1-19-10-6-7-12(14(17)8-10)16(18)13-9-20-15-5-3-2-4-11(13)15/h2-9H,1H3. The molecule has 3 rings (SSSR count). The van der Waals surface area contributed by atoms with Crippen molar-refractivity contribution in [2.24, 2.45) is 0 Å². The second kappa shape index (κ2) is 5.38. The van der Waals surface area contributed by atoms with Crippen LogP contribution in [0.1, 0.15) is 15.9 Å². The SMILES string of the molecule is COc1ccc(C(=O)c2csc3ccccc23)c(Br)c1. The van der Waals surface area contributed by atoms with Gasteiger partial charge >= 0.3 is 0 Å². The molecule has 0 aliphatic heterocycles. The number of methoxy groups -OCH3 is 1. The number of rotatable bonds is 3. The van der Waals surface area contributed by atoms with Crippen molar-refractivity contribution in [3.63, 3.8) is 0 Å². The van der Waals surface area contributed by atoms with Gasteiger partial charge in [-0.05, 0) is 40.2 Å². The summed E-state index contributed by atoms with van der Waals surface area (Å²) in [5, 5.41) is 2.93. The Labute approximate surface area is 129 Å². The molecule has 0 fully saturated rings. The molecule has 0 unspecified atom stereocenters. The largest absolute Gasteiger partial charge is 0.497 e. The van der Waals surface area contributed by atoms with Crippen LogP contribution in [0.25, 0.3) is 10.1 Å². The highest BCUT2D eigenvalue weighted by atomic mass is 79.9. The van der Waals surface area contributed by atoms with E-state index in [2.05, 4.69) is 15.9 Å². The molecule has 1 aromatic heterocycles. The number of thiophene rings is 1. The first-order chi connectivity index (χ1) is 9.70. The first-order valence-electron chi connectivity index (χ1n) is 6.05. The van der Waals surface area contributed by atoms with E-state index in [0.29, 0.717) is 5.56 Å². The van der Waals surface area contributed by atoms with E-state index in [0.717, 1.165) is 25.9 Å². The Hall–Kier alpha value is -1.65. The number of carbonyl (C=O) groups is 1. The average molecular weight is 347 g/mol. The van der Waals surface area contributed by atoms with E-state index < -0.39 is 0 Å². The average Bonchev–Trinajstić information content (AvgIpc) is 2.90. The number of fused-ring (bicyclic) bond motifs is 1. The fraction of sp³-hybridized carbons (Fsp3) is 0.0625. The normalized spacial score (nSPS) is 10.7. The molecule has 0 atom stereocenters. The molecule has 20 heavy (non-hydrogen) atoms. The zero-order chi connectivity index (χ0) is 14.1. The summed E-state index contributed by atoms with van der Waals surface area (Å²) >= 11 is 5.03. The molecule has 1 heterocycles. The van der Waals surface area contributed by atoms with E-state index in [1.165, 1.54) is 0 Å². The topological polar surface area (TPSA) is 26.3 Å². The minimum Gasteiger partial charge on any atom is -0.497 e. The smallest absolute Gasteiger partial charge is 0.195 e. The lowest BCUT2D eigenvalue weighted by Crippen LogP contribution is -2.01. The van der Waals surface area contributed by atoms with Gasteiger partial charge in [0, 0.05) is 31.1 Å². The third kappa shape index (κ3) is 2.25. The molecule has 0 spiro atoms. The van der Waals surface area contributed by atoms with E-state index >= 15 is 0 Å². The minimum atomic E-state index is 0.0250. The van der Waals surface area contributed by atoms with Crippen molar-refractivity contribution in [1.29, 1.82) is 0 Å². The number of halogens is 1. The van der Waals surface area contributed by atoms with Gasteiger partial charge in [-0.15, -0.1) is 11.3 Å². The molecule has 3 aromatic rings. The van der Waals surface area contributed by atoms with Gasteiger partial charge in [-0.2, -0.15) is 0 Å². The molecule has 0 radical (unpaired) electrons. The number of carbonyl (C=O) groups excluding carboxylic acids is 1. The molecule has 4 heteroatoms. The molecule has 2 nitrogen and oxygen atoms in total. The van der Waals surface area contributed by atoms with Crippen molar-refractivity contribution in [2.75, 3.05) is 7.11 Å². The lowest BCUT2D eigenvalue weighted by Gasteiger charge is -2.05. The summed E-state index contributed by atoms with van der Waals surface area (Å²) in [6.45, 7) is 0. The Bertz CT molecular complexity index is 792. The number of benzene rings is 2. The quantitative estimate of drug-likeness (QED) is 0.630. The molecular formula is C16H11BrO2S. The van der Waals surface area contributed by atoms with Crippen LogP contribution in [0.15, 0.2) is 52.3 Å². The molecule has 0 bridgehead atoms. The maximum absolute atomic E-state index is 12.7. The van der Waals surface area contributed by atoms with Gasteiger partial charge in [-0.25, -0.2) is 0 Å². The number of ether oxygens (including phenoxy) is 1. The Morgan fingerprint density at radius 1 is 1.15 bits per heavy atom. The van der Waals surface area contributed by atoms with Gasteiger partial charge < -0.3 is 4.74 Å². The number of hydrogen-bond donors (Lipinski definition) is 0. The van der Waals surface area contributed by atoms with Crippen LogP contribution in [0.5, 0.6) is 5.75 Å². The van der Waals surface area contributed by atoms with Gasteiger partial charge in [-0.3, -0.25) is 4.79 Å². The molecule has 100 valence electrons. The van der Waals surface area contributed by atoms with Gasteiger partial charge in [0.2, 0.25) is 0 Å². The van der Waals surface area contributed by atoms with Crippen LogP contribution in [0.2, 0.25) is 0 Å². The maximum atomic E-state index is 12.7. The van der Waals surface area contributed by atoms with E-state index in [9.17, 15) is 4.79 Å². The van der Waals surface area contributed by atoms with Gasteiger partial charge in [0.25, 0.3) is 0 Å². The summed E-state index contributed by atoms with van der Waals surface area (Å²) in [7, 11) is 1.61. The second-order valence-corrected chi connectivity index (χ2v) is 6.09. The van der Waals surface area contributed by atoms with E-state index in [1.807, 2.05) is 35.7 Å². The third-order valence-electron chi connectivity index (χ3n) is 3.15. The third-order valence-corrected chi connectivity index (χ3v) is 4.77. The van der Waals surface area contributed by atoms with Crippen LogP contribution in [0, 0.1) is 0 Å². The molecule has 0 amide bonds. The molecule has 0 N–H and O–H groups in total. The van der Waals surface area contributed by atoms with Crippen molar-refractivity contribution < 1.29 is 9.53 Å². The van der Waals surface area contributed by atoms with E-state index in [1.54, 1.807) is 30.6 Å². The van der Waals surface area contributed by atoms with E-state index in [-0.39, 0.29) is 5.78 Å². The van der Waals surface area contributed by atoms with Crippen molar-refractivity contribution in [3.05, 3.63) is 63.4 Å². The molecular weight excluding hydrogens is 336 g/mol. The van der Waals surface area contributed by atoms with Gasteiger partial charge in [0.05, 0.1) is 7.11 Å². The highest BCUT2D eigenvalue weighted by molar-refractivity contribution is 9.10. The van der Waals surface area contributed by atoms with Crippen LogP contribution >= 0.6 is 27.3 Å². The van der Waals surface area contributed by atoms with Crippen molar-refractivity contribution in [3.8, 4) is 5.75 Å². The Kier molecular flexibility index (Phi) is 3.59. The van der Waals surface area contributed by atoms with Crippen LogP contribution in [0.3, 0.4) is 0 Å². The zero-order valence-electron chi connectivity index (χ0n) is 10.7. The lowest BCUT2D eigenvalue weighted by atomic mass is 10.0. The van der Waals surface area contributed by atoms with Crippen LogP contribution < -0.4 is 4.74 Å². The first-order valence-corrected chi connectivity index (χ1v) is 7.72. The molecule has 0 saturated heterocycles. The second-order valence-electron chi connectivity index (χ2n) is 4.32. The van der Waals surface area contributed by atoms with Crippen molar-refractivity contribution in [2.45, 2.75) is 0 Å². The van der Waals surface area contributed by atoms with Crippen LogP contribution in [0.4, 0.5) is 0 Å². The molecule has 0 aliphatic rings. The van der Waals surface area contributed by atoms with Crippen LogP contribution in [-0.2, 0) is 0 Å². The fourth-order valence-corrected chi connectivity index (χ4v) is 3.58. The number of ketones is 1. The molecule has 2 aromatic carbocycles. The highest BCUT2D eigenvalue weighted by Crippen LogP contribution is 2.30. The lowest BCUT2D eigenvalue weighted by molar-refractivity contribution is 0.104. The monoisotopic (exact) mass is 346 g/mol. The molecule has 0 saturated carbocycles. The molecule has 0 aliphatic carbocycles. The maximum Gasteiger partial charge on any atom is 0.195 e. The van der Waals surface area contributed by atoms with Crippen molar-refractivity contribution in [1.82, 2.24) is 0 Å². The number of hydrogen-bond acceptors (Lipinski definition) is 3. The van der Waals surface area contributed by atoms with Gasteiger partial charge in [-0.1, -0.05) is 18.2 Å². The van der Waals surface area contributed by atoms with Crippen molar-refractivity contribution >= 4 is 43.1 Å². The highest BCUT2D eigenvalue weighted by Gasteiger charge is 2.16. The predicted octanol–water partition coefficient (Wildman–Crippen LogP) is 4.90. The summed E-state index contributed by atoms with van der Waals surface area (Å²) in [6.07, 6.45) is 0. The summed E-state index contributed by atoms with van der Waals surface area (Å²) in [6, 6.07) is 13.3. The summed E-state index contributed by atoms with van der Waals surface area (Å²) in [5.41, 5.74) is 1.39. The Morgan fingerprint density at radius 2 is 1.95 bits per heavy atom. The van der Waals surface area contributed by atoms with E-state index in [4.69, 9.17) is 4.74 Å². The van der Waals surface area contributed by atoms with Crippen LogP contribution in [-0.4, -0.2) is 12.9 Å². The Balaban J connectivity index is 2.09. The summed E-state index contributed by atoms with van der Waals surface area (Å²) < 4.78 is 7.02. The summed E-state index contributed by atoms with van der Waals surface area (Å²) in [5.74, 6) is 0.751. The fourth-order valence-electron chi connectivity index (χ4n) is 2.11. The summed E-state index contributed by atoms with van der Waals surface area (Å²) in [4.78, 5) is 12.7. The predicted molar refractivity (Wildman–Crippen MR) is 86.0 cm³/mol.